The van der Waals surface area contributed by atoms with E-state index in [1.807, 2.05) is 7.05 Å². The summed E-state index contributed by atoms with van der Waals surface area (Å²) in [5, 5.41) is 16.1. The largest absolute Gasteiger partial charge is 0.368 e. The zero-order valence-corrected chi connectivity index (χ0v) is 12.4. The Kier molecular flexibility index (Phi) is 3.68. The van der Waals surface area contributed by atoms with Crippen LogP contribution in [0.3, 0.4) is 0 Å². The number of carbonyl (C=O) groups is 1. The van der Waals surface area contributed by atoms with Crippen molar-refractivity contribution in [3.05, 3.63) is 0 Å². The summed E-state index contributed by atoms with van der Waals surface area (Å²) in [4.78, 5) is 12.0. The van der Waals surface area contributed by atoms with Gasteiger partial charge in [0.25, 0.3) is 0 Å². The van der Waals surface area contributed by atoms with E-state index >= 15 is 0 Å². The first-order chi connectivity index (χ1) is 9.59. The van der Waals surface area contributed by atoms with Crippen LogP contribution in [0.4, 0.5) is 0 Å². The Hall–Kier alpha value is -1.15. The molecule has 2 fully saturated rings. The van der Waals surface area contributed by atoms with Crippen LogP contribution in [0.25, 0.3) is 0 Å². The van der Waals surface area contributed by atoms with Crippen molar-refractivity contribution in [1.82, 2.24) is 25.5 Å². The number of carbonyl (C=O) groups excluding carboxylic acids is 1. The van der Waals surface area contributed by atoms with Gasteiger partial charge in [0.2, 0.25) is 11.1 Å². The molecule has 1 heterocycles. The van der Waals surface area contributed by atoms with Crippen molar-refractivity contribution in [2.75, 3.05) is 0 Å². The minimum atomic E-state index is -0.539. The number of hydrogen-bond acceptors (Lipinski definition) is 6. The molecule has 7 nitrogen and oxygen atoms in total. The van der Waals surface area contributed by atoms with Crippen molar-refractivity contribution in [1.29, 1.82) is 0 Å². The highest BCUT2D eigenvalue weighted by molar-refractivity contribution is 7.99. The fourth-order valence-corrected chi connectivity index (χ4v) is 4.06. The third-order valence-corrected chi connectivity index (χ3v) is 5.38. The number of hydrogen-bond donors (Lipinski definition) is 2. The first kappa shape index (κ1) is 13.8. The number of nitrogens with one attached hydrogen (secondary N) is 1. The smallest absolute Gasteiger partial charge is 0.237 e. The molecule has 2 aliphatic carbocycles. The normalized spacial score (nSPS) is 30.4. The summed E-state index contributed by atoms with van der Waals surface area (Å²) in [6.45, 7) is 0. The van der Waals surface area contributed by atoms with Crippen molar-refractivity contribution in [2.45, 2.75) is 60.5 Å². The number of aromatic nitrogens is 4. The maximum absolute atomic E-state index is 12.0. The van der Waals surface area contributed by atoms with E-state index in [9.17, 15) is 4.79 Å². The topological polar surface area (TPSA) is 98.7 Å². The Bertz CT molecular complexity index is 502. The molecule has 0 bridgehead atoms. The van der Waals surface area contributed by atoms with Crippen LogP contribution in [0.1, 0.15) is 38.5 Å². The molecule has 2 atom stereocenters. The lowest BCUT2D eigenvalue weighted by atomic mass is 9.80. The zero-order valence-electron chi connectivity index (χ0n) is 11.6. The van der Waals surface area contributed by atoms with E-state index < -0.39 is 5.54 Å². The molecule has 0 spiro atoms. The minimum absolute atomic E-state index is 0.217. The van der Waals surface area contributed by atoms with Gasteiger partial charge in [-0.05, 0) is 49.0 Å². The Labute approximate surface area is 122 Å². The van der Waals surface area contributed by atoms with Crippen LogP contribution in [-0.4, -0.2) is 42.9 Å². The molecule has 0 saturated heterocycles. The number of rotatable bonds is 5. The van der Waals surface area contributed by atoms with Gasteiger partial charge >= 0.3 is 0 Å². The number of nitrogens with zero attached hydrogens (tertiary/aromatic N) is 4. The molecule has 0 aliphatic heterocycles. The standard InChI is InChI=1S/C12H20N6OS/c1-18-11(15-16-17-18)20-9-3-2-6-12(7-9,10(13)19)14-8-4-5-8/h8-9,14H,2-7H2,1H3,(H2,13,19). The Morgan fingerprint density at radius 1 is 1.50 bits per heavy atom. The summed E-state index contributed by atoms with van der Waals surface area (Å²) in [6, 6.07) is 0.475. The predicted molar refractivity (Wildman–Crippen MR) is 75.0 cm³/mol. The van der Waals surface area contributed by atoms with Crippen LogP contribution in [0.15, 0.2) is 5.16 Å². The molecule has 1 aromatic heterocycles. The summed E-state index contributed by atoms with van der Waals surface area (Å²) in [7, 11) is 1.83. The molecule has 8 heteroatoms. The minimum Gasteiger partial charge on any atom is -0.368 e. The summed E-state index contributed by atoms with van der Waals surface area (Å²) >= 11 is 1.64. The molecular weight excluding hydrogens is 276 g/mol. The monoisotopic (exact) mass is 296 g/mol. The van der Waals surface area contributed by atoms with Crippen molar-refractivity contribution in [3.8, 4) is 0 Å². The summed E-state index contributed by atoms with van der Waals surface area (Å²) in [5.41, 5.74) is 5.15. The molecule has 1 amide bonds. The Morgan fingerprint density at radius 3 is 2.90 bits per heavy atom. The van der Waals surface area contributed by atoms with Crippen molar-refractivity contribution in [2.24, 2.45) is 12.8 Å². The lowest BCUT2D eigenvalue weighted by molar-refractivity contribution is -0.125. The SMILES string of the molecule is Cn1nnnc1SC1CCCC(NC2CC2)(C(N)=O)C1. The highest BCUT2D eigenvalue weighted by atomic mass is 32.2. The third kappa shape index (κ3) is 2.80. The van der Waals surface area contributed by atoms with Crippen LogP contribution in [0.5, 0.6) is 0 Å². The van der Waals surface area contributed by atoms with E-state index in [0.29, 0.717) is 11.3 Å². The third-order valence-electron chi connectivity index (χ3n) is 4.09. The van der Waals surface area contributed by atoms with E-state index in [1.54, 1.807) is 16.4 Å². The molecule has 2 saturated carbocycles. The second kappa shape index (κ2) is 5.33. The highest BCUT2D eigenvalue weighted by Crippen LogP contribution is 2.39. The number of amides is 1. The van der Waals surface area contributed by atoms with Gasteiger partial charge in [-0.25, -0.2) is 4.68 Å². The quantitative estimate of drug-likeness (QED) is 0.806. The lowest BCUT2D eigenvalue weighted by Gasteiger charge is -2.39. The summed E-state index contributed by atoms with van der Waals surface area (Å²) < 4.78 is 1.67. The van der Waals surface area contributed by atoms with Gasteiger partial charge in [0, 0.05) is 18.3 Å². The summed E-state index contributed by atoms with van der Waals surface area (Å²) in [5.74, 6) is -0.217. The highest BCUT2D eigenvalue weighted by Gasteiger charge is 2.44. The van der Waals surface area contributed by atoms with Crippen LogP contribution in [0.2, 0.25) is 0 Å². The van der Waals surface area contributed by atoms with Gasteiger partial charge in [0.15, 0.2) is 0 Å². The van der Waals surface area contributed by atoms with E-state index in [1.165, 1.54) is 0 Å². The lowest BCUT2D eigenvalue weighted by Crippen LogP contribution is -2.59. The first-order valence-electron chi connectivity index (χ1n) is 7.06. The van der Waals surface area contributed by atoms with Crippen LogP contribution in [-0.2, 0) is 11.8 Å². The van der Waals surface area contributed by atoms with E-state index in [0.717, 1.165) is 43.7 Å². The van der Waals surface area contributed by atoms with Gasteiger partial charge in [-0.2, -0.15) is 0 Å². The van der Waals surface area contributed by atoms with Crippen molar-refractivity contribution >= 4 is 17.7 Å². The van der Waals surface area contributed by atoms with Crippen LogP contribution >= 0.6 is 11.8 Å². The van der Waals surface area contributed by atoms with Crippen molar-refractivity contribution < 1.29 is 4.79 Å². The van der Waals surface area contributed by atoms with E-state index in [4.69, 9.17) is 5.73 Å². The molecule has 3 N–H and O–H groups in total. The molecule has 0 radical (unpaired) electrons. The maximum Gasteiger partial charge on any atom is 0.237 e. The fraction of sp³-hybridized carbons (Fsp3) is 0.833. The van der Waals surface area contributed by atoms with Crippen LogP contribution < -0.4 is 11.1 Å². The zero-order chi connectivity index (χ0) is 14.2. The molecular formula is C12H20N6OS. The molecule has 110 valence electrons. The number of tetrazole rings is 1. The van der Waals surface area contributed by atoms with Gasteiger partial charge in [-0.15, -0.1) is 5.10 Å². The second-order valence-electron chi connectivity index (χ2n) is 5.79. The molecule has 0 aromatic carbocycles. The number of primary amides is 1. The average Bonchev–Trinajstić information content (AvgIpc) is 3.13. The Balaban J connectivity index is 1.70. The van der Waals surface area contributed by atoms with E-state index in [2.05, 4.69) is 20.8 Å². The van der Waals surface area contributed by atoms with E-state index in [-0.39, 0.29) is 5.91 Å². The molecule has 2 unspecified atom stereocenters. The van der Waals surface area contributed by atoms with Gasteiger partial charge < -0.3 is 11.1 Å². The van der Waals surface area contributed by atoms with Gasteiger partial charge in [0.1, 0.15) is 0 Å². The van der Waals surface area contributed by atoms with Crippen molar-refractivity contribution in [3.63, 3.8) is 0 Å². The Morgan fingerprint density at radius 2 is 2.30 bits per heavy atom. The van der Waals surface area contributed by atoms with Gasteiger partial charge in [-0.3, -0.25) is 4.79 Å². The molecule has 1 aromatic rings. The number of thioether (sulfide) groups is 1. The van der Waals surface area contributed by atoms with Gasteiger partial charge in [0.05, 0.1) is 5.54 Å². The number of aryl methyl sites for hydroxylation is 1. The van der Waals surface area contributed by atoms with Crippen LogP contribution in [0, 0.1) is 0 Å². The average molecular weight is 296 g/mol. The molecule has 3 rings (SSSR count). The second-order valence-corrected chi connectivity index (χ2v) is 7.05. The molecule has 2 aliphatic rings. The fourth-order valence-electron chi connectivity index (χ4n) is 2.84. The number of nitrogens with two attached hydrogens (primary N) is 1. The predicted octanol–water partition coefficient (Wildman–Crippen LogP) is 0.221. The first-order valence-corrected chi connectivity index (χ1v) is 7.94. The summed E-state index contributed by atoms with van der Waals surface area (Å²) in [6.07, 6.45) is 5.98. The van der Waals surface area contributed by atoms with Gasteiger partial charge in [-0.1, -0.05) is 11.8 Å². The molecule has 20 heavy (non-hydrogen) atoms. The maximum atomic E-state index is 12.0.